The van der Waals surface area contributed by atoms with Crippen LogP contribution in [-0.4, -0.2) is 38.7 Å². The highest BCUT2D eigenvalue weighted by Crippen LogP contribution is 2.38. The van der Waals surface area contributed by atoms with Crippen molar-refractivity contribution in [1.29, 1.82) is 0 Å². The van der Waals surface area contributed by atoms with Crippen molar-refractivity contribution in [3.63, 3.8) is 0 Å². The van der Waals surface area contributed by atoms with Gasteiger partial charge in [-0.3, -0.25) is 14.3 Å². The van der Waals surface area contributed by atoms with E-state index < -0.39 is 0 Å². The lowest BCUT2D eigenvalue weighted by Gasteiger charge is -2.32. The van der Waals surface area contributed by atoms with Gasteiger partial charge in [-0.25, -0.2) is 0 Å². The van der Waals surface area contributed by atoms with Crippen LogP contribution in [0, 0.1) is 0 Å². The Kier molecular flexibility index (Phi) is 4.72. The number of aromatic nitrogens is 2. The first kappa shape index (κ1) is 17.0. The number of hydrogen-bond donors (Lipinski definition) is 1. The number of piperidine rings is 1. The Balaban J connectivity index is 1.38. The Morgan fingerprint density at radius 2 is 1.67 bits per heavy atom. The van der Waals surface area contributed by atoms with Crippen molar-refractivity contribution in [2.24, 2.45) is 0 Å². The van der Waals surface area contributed by atoms with Crippen molar-refractivity contribution in [2.75, 3.05) is 18.4 Å². The van der Waals surface area contributed by atoms with Gasteiger partial charge in [-0.05, 0) is 72.5 Å². The summed E-state index contributed by atoms with van der Waals surface area (Å²) in [5.74, 6) is 0. The predicted molar refractivity (Wildman–Crippen MR) is 114 cm³/mol. The van der Waals surface area contributed by atoms with Gasteiger partial charge in [0.05, 0.1) is 0 Å². The first-order chi connectivity index (χ1) is 13.3. The average Bonchev–Trinajstić information content (AvgIpc) is 3.54. The number of rotatable bonds is 5. The molecule has 0 bridgehead atoms. The Morgan fingerprint density at radius 1 is 0.889 bits per heavy atom. The molecule has 0 atom stereocenters. The summed E-state index contributed by atoms with van der Waals surface area (Å²) in [5.41, 5.74) is 3.61. The van der Waals surface area contributed by atoms with Crippen molar-refractivity contribution < 1.29 is 0 Å². The second-order valence-electron chi connectivity index (χ2n) is 7.51. The zero-order valence-corrected chi connectivity index (χ0v) is 16.2. The number of nitrogens with zero attached hydrogens (tertiary/aromatic N) is 3. The van der Waals surface area contributed by atoms with E-state index in [-0.39, 0.29) is 0 Å². The quantitative estimate of drug-likeness (QED) is 0.636. The van der Waals surface area contributed by atoms with E-state index in [9.17, 15) is 0 Å². The van der Waals surface area contributed by atoms with E-state index in [1.165, 1.54) is 66.4 Å². The van der Waals surface area contributed by atoms with E-state index in [0.717, 1.165) is 5.25 Å². The summed E-state index contributed by atoms with van der Waals surface area (Å²) >= 11 is 2.09. The summed E-state index contributed by atoms with van der Waals surface area (Å²) in [6, 6.07) is 11.3. The summed E-state index contributed by atoms with van der Waals surface area (Å²) in [6.07, 6.45) is 12.8. The molecular weight excluding hydrogens is 352 g/mol. The molecule has 3 heterocycles. The summed E-state index contributed by atoms with van der Waals surface area (Å²) < 4.78 is 2.57. The highest BCUT2D eigenvalue weighted by atomic mass is 32.2. The normalized spacial score (nSPS) is 18.7. The molecule has 2 aliphatic rings. The van der Waals surface area contributed by atoms with Gasteiger partial charge in [0, 0.05) is 60.2 Å². The van der Waals surface area contributed by atoms with Gasteiger partial charge >= 0.3 is 0 Å². The van der Waals surface area contributed by atoms with Crippen LogP contribution >= 0.6 is 11.9 Å². The molecule has 2 fully saturated rings. The van der Waals surface area contributed by atoms with E-state index in [4.69, 9.17) is 0 Å². The number of hydrogen-bond acceptors (Lipinski definition) is 5. The highest BCUT2D eigenvalue weighted by molar-refractivity contribution is 7.97. The number of benzene rings is 1. The van der Waals surface area contributed by atoms with Crippen LogP contribution in [0.1, 0.15) is 25.7 Å². The molecule has 5 rings (SSSR count). The SMILES string of the molecule is c1cc(-c2cc(NC3CCN(SC4CC4)CC3)c3cnccc3c2)ccn1. The fraction of sp³-hybridized carbons (Fsp3) is 0.364. The van der Waals surface area contributed by atoms with Gasteiger partial charge in [-0.2, -0.15) is 0 Å². The van der Waals surface area contributed by atoms with Gasteiger partial charge in [0.1, 0.15) is 0 Å². The minimum Gasteiger partial charge on any atom is -0.382 e. The van der Waals surface area contributed by atoms with Crippen LogP contribution in [0.15, 0.2) is 55.1 Å². The summed E-state index contributed by atoms with van der Waals surface area (Å²) in [7, 11) is 0. The number of fused-ring (bicyclic) bond motifs is 1. The number of pyridine rings is 2. The molecule has 0 spiro atoms. The largest absolute Gasteiger partial charge is 0.382 e. The number of nitrogens with one attached hydrogen (secondary N) is 1. The van der Waals surface area contributed by atoms with Crippen LogP contribution in [0.2, 0.25) is 0 Å². The average molecular weight is 377 g/mol. The van der Waals surface area contributed by atoms with Crippen LogP contribution in [0.5, 0.6) is 0 Å². The van der Waals surface area contributed by atoms with Crippen LogP contribution in [0.25, 0.3) is 21.9 Å². The van der Waals surface area contributed by atoms with Gasteiger partial charge in [-0.1, -0.05) is 11.9 Å². The summed E-state index contributed by atoms with van der Waals surface area (Å²) in [4.78, 5) is 8.51. The Hall–Kier alpha value is -2.11. The molecule has 138 valence electrons. The van der Waals surface area contributed by atoms with Crippen LogP contribution in [-0.2, 0) is 0 Å². The van der Waals surface area contributed by atoms with E-state index >= 15 is 0 Å². The molecule has 1 saturated heterocycles. The van der Waals surface area contributed by atoms with Crippen molar-refractivity contribution in [3.8, 4) is 11.1 Å². The second-order valence-corrected chi connectivity index (χ2v) is 8.90. The van der Waals surface area contributed by atoms with E-state index in [1.54, 1.807) is 0 Å². The van der Waals surface area contributed by atoms with E-state index in [0.29, 0.717) is 6.04 Å². The monoisotopic (exact) mass is 376 g/mol. The third-order valence-corrected chi connectivity index (χ3v) is 6.84. The lowest BCUT2D eigenvalue weighted by molar-refractivity contribution is 0.358. The molecule has 0 radical (unpaired) electrons. The fourth-order valence-corrected chi connectivity index (χ4v) is 4.93. The van der Waals surface area contributed by atoms with Crippen molar-refractivity contribution in [2.45, 2.75) is 37.0 Å². The molecule has 27 heavy (non-hydrogen) atoms. The zero-order chi connectivity index (χ0) is 18.1. The molecule has 1 aromatic carbocycles. The molecule has 4 nitrogen and oxygen atoms in total. The Bertz CT molecular complexity index is 918. The molecule has 1 aliphatic heterocycles. The predicted octanol–water partition coefficient (Wildman–Crippen LogP) is 4.98. The molecule has 3 aromatic rings. The third kappa shape index (κ3) is 3.94. The topological polar surface area (TPSA) is 41.0 Å². The molecule has 0 unspecified atom stereocenters. The van der Waals surface area contributed by atoms with Gasteiger partial charge in [0.2, 0.25) is 0 Å². The van der Waals surface area contributed by atoms with Gasteiger partial charge in [0.15, 0.2) is 0 Å². The maximum absolute atomic E-state index is 4.36. The molecule has 1 aliphatic carbocycles. The van der Waals surface area contributed by atoms with Crippen molar-refractivity contribution >= 4 is 28.4 Å². The van der Waals surface area contributed by atoms with Gasteiger partial charge in [0.25, 0.3) is 0 Å². The van der Waals surface area contributed by atoms with Crippen LogP contribution < -0.4 is 5.32 Å². The lowest BCUT2D eigenvalue weighted by atomic mass is 10.00. The fourth-order valence-electron chi connectivity index (χ4n) is 3.74. The van der Waals surface area contributed by atoms with E-state index in [2.05, 4.69) is 61.9 Å². The summed E-state index contributed by atoms with van der Waals surface area (Å²) in [5, 5.41) is 7.16. The van der Waals surface area contributed by atoms with Gasteiger partial charge in [-0.15, -0.1) is 0 Å². The standard InChI is InChI=1S/C22H24N4S/c1-2-20(1)27-26-11-6-19(7-12-26)25-22-14-18(16-3-8-23-9-4-16)13-17-5-10-24-15-21(17)22/h3-5,8-10,13-15,19-20,25H,1-2,6-7,11-12H2. The summed E-state index contributed by atoms with van der Waals surface area (Å²) in [6.45, 7) is 2.36. The lowest BCUT2D eigenvalue weighted by Crippen LogP contribution is -2.35. The molecular formula is C22H24N4S. The van der Waals surface area contributed by atoms with Crippen LogP contribution in [0.3, 0.4) is 0 Å². The smallest absolute Gasteiger partial charge is 0.0443 e. The highest BCUT2D eigenvalue weighted by Gasteiger charge is 2.28. The maximum Gasteiger partial charge on any atom is 0.0443 e. The molecule has 2 aromatic heterocycles. The first-order valence-electron chi connectivity index (χ1n) is 9.81. The minimum absolute atomic E-state index is 0.525. The minimum atomic E-state index is 0.525. The second kappa shape index (κ2) is 7.49. The van der Waals surface area contributed by atoms with E-state index in [1.807, 2.05) is 24.8 Å². The van der Waals surface area contributed by atoms with Crippen molar-refractivity contribution in [3.05, 3.63) is 55.1 Å². The molecule has 5 heteroatoms. The maximum atomic E-state index is 4.36. The van der Waals surface area contributed by atoms with Gasteiger partial charge < -0.3 is 5.32 Å². The Labute approximate surface area is 164 Å². The zero-order valence-electron chi connectivity index (χ0n) is 15.3. The van der Waals surface area contributed by atoms with Crippen molar-refractivity contribution in [1.82, 2.24) is 14.3 Å². The first-order valence-corrected chi connectivity index (χ1v) is 10.7. The molecule has 0 amide bonds. The Morgan fingerprint density at radius 3 is 2.44 bits per heavy atom. The molecule has 1 saturated carbocycles. The number of anilines is 1. The van der Waals surface area contributed by atoms with Crippen LogP contribution in [0.4, 0.5) is 5.69 Å². The molecule has 1 N–H and O–H groups in total. The third-order valence-electron chi connectivity index (χ3n) is 5.41.